The van der Waals surface area contributed by atoms with Crippen LogP contribution in [0.3, 0.4) is 0 Å². The second-order valence-corrected chi connectivity index (χ2v) is 8.22. The molecule has 1 aliphatic rings. The van der Waals surface area contributed by atoms with Gasteiger partial charge in [-0.25, -0.2) is 0 Å². The number of halogens is 1. The first-order valence-corrected chi connectivity index (χ1v) is 11.4. The third-order valence-electron chi connectivity index (χ3n) is 5.23. The van der Waals surface area contributed by atoms with Gasteiger partial charge in [-0.05, 0) is 65.7 Å². The molecule has 0 aliphatic carbocycles. The molecule has 0 aromatic heterocycles. The number of rotatable bonds is 7. The summed E-state index contributed by atoms with van der Waals surface area (Å²) in [5.41, 5.74) is 2.68. The summed E-state index contributed by atoms with van der Waals surface area (Å²) < 4.78 is 10.8. The predicted molar refractivity (Wildman–Crippen MR) is 139 cm³/mol. The molecule has 1 aliphatic heterocycles. The van der Waals surface area contributed by atoms with Crippen molar-refractivity contribution >= 4 is 39.8 Å². The van der Waals surface area contributed by atoms with Gasteiger partial charge >= 0.3 is 0 Å². The summed E-state index contributed by atoms with van der Waals surface area (Å²) in [6.45, 7) is 0.101. The van der Waals surface area contributed by atoms with E-state index in [2.05, 4.69) is 10.6 Å². The van der Waals surface area contributed by atoms with E-state index in [1.807, 2.05) is 12.1 Å². The molecule has 182 valence electrons. The van der Waals surface area contributed by atoms with Gasteiger partial charge in [0.25, 0.3) is 0 Å². The Morgan fingerprint density at radius 1 is 0.865 bits per heavy atom. The lowest BCUT2D eigenvalue weighted by molar-refractivity contribution is -0.115. The summed E-state index contributed by atoms with van der Waals surface area (Å²) in [4.78, 5) is 25.4. The minimum atomic E-state index is -0.468. The summed E-state index contributed by atoms with van der Waals surface area (Å²) in [6.07, 6.45) is 2.56. The lowest BCUT2D eigenvalue weighted by atomic mass is 10.1. The van der Waals surface area contributed by atoms with Crippen molar-refractivity contribution in [2.45, 2.75) is 6.42 Å². The Kier molecular flexibility index (Phi) is 7.85. The molecule has 9 heteroatoms. The Bertz CT molecular complexity index is 1520. The van der Waals surface area contributed by atoms with Crippen molar-refractivity contribution in [1.29, 1.82) is 10.5 Å². The quantitative estimate of drug-likeness (QED) is 0.327. The zero-order valence-corrected chi connectivity index (χ0v) is 20.1. The van der Waals surface area contributed by atoms with E-state index < -0.39 is 11.8 Å². The molecule has 3 aromatic rings. The molecular formula is C28H19ClN4O4. The summed E-state index contributed by atoms with van der Waals surface area (Å²) in [5.74, 6) is 0.243. The maximum Gasteiger partial charge on any atom is 0.248 e. The van der Waals surface area contributed by atoms with Crippen molar-refractivity contribution in [1.82, 2.24) is 0 Å². The van der Waals surface area contributed by atoms with Crippen LogP contribution in [0.15, 0.2) is 84.5 Å². The molecule has 2 N–H and O–H groups in total. The molecule has 1 heterocycles. The lowest BCUT2D eigenvalue weighted by Gasteiger charge is -2.10. The number of hydrogen-bond acceptors (Lipinski definition) is 6. The van der Waals surface area contributed by atoms with Crippen LogP contribution >= 0.6 is 11.6 Å². The smallest absolute Gasteiger partial charge is 0.248 e. The molecule has 2 amide bonds. The summed E-state index contributed by atoms with van der Waals surface area (Å²) in [5, 5.41) is 23.8. The number of amides is 2. The standard InChI is InChI=1S/C28H19ClN4O4/c29-28(20-7-9-24-25(13-20)37-17-36-24)21(14-27(35)33-23-6-2-4-19(12-23)16-31)8-10-26(34)32-22-5-1-3-18(11-22)15-30/h1-13H,14,17H2,(H,32,34)(H,33,35)/b10-8+,28-21-. The largest absolute Gasteiger partial charge is 0.454 e. The highest BCUT2D eigenvalue weighted by Crippen LogP contribution is 2.37. The third-order valence-corrected chi connectivity index (χ3v) is 5.69. The summed E-state index contributed by atoms with van der Waals surface area (Å²) >= 11 is 6.69. The van der Waals surface area contributed by atoms with Gasteiger partial charge in [0.1, 0.15) is 0 Å². The van der Waals surface area contributed by atoms with E-state index in [0.29, 0.717) is 45.1 Å². The normalized spacial score (nSPS) is 12.3. The molecular weight excluding hydrogens is 492 g/mol. The second-order valence-electron chi connectivity index (χ2n) is 7.84. The molecule has 0 atom stereocenters. The van der Waals surface area contributed by atoms with E-state index >= 15 is 0 Å². The first-order valence-electron chi connectivity index (χ1n) is 11.0. The van der Waals surface area contributed by atoms with Crippen LogP contribution in [0.1, 0.15) is 23.1 Å². The maximum atomic E-state index is 12.9. The Morgan fingerprint density at radius 2 is 1.51 bits per heavy atom. The molecule has 0 unspecified atom stereocenters. The van der Waals surface area contributed by atoms with Crippen LogP contribution in [0.5, 0.6) is 11.5 Å². The van der Waals surface area contributed by atoms with Crippen molar-refractivity contribution < 1.29 is 19.1 Å². The fraction of sp³-hybridized carbons (Fsp3) is 0.0714. The Balaban J connectivity index is 1.58. The van der Waals surface area contributed by atoms with Gasteiger partial charge in [-0.2, -0.15) is 10.5 Å². The number of benzene rings is 3. The van der Waals surface area contributed by atoms with E-state index in [-0.39, 0.29) is 18.2 Å². The van der Waals surface area contributed by atoms with Crippen molar-refractivity contribution in [3.05, 3.63) is 101 Å². The number of ether oxygens (including phenoxy) is 2. The van der Waals surface area contributed by atoms with Gasteiger partial charge in [0.2, 0.25) is 18.6 Å². The van der Waals surface area contributed by atoms with Crippen LogP contribution in [-0.2, 0) is 9.59 Å². The highest BCUT2D eigenvalue weighted by molar-refractivity contribution is 6.49. The molecule has 0 saturated heterocycles. The SMILES string of the molecule is N#Cc1cccc(NC(=O)/C=C/C(CC(=O)Nc2cccc(C#N)c2)=C(/Cl)c2ccc3c(c2)OCO3)c1. The van der Waals surface area contributed by atoms with Gasteiger partial charge in [-0.3, -0.25) is 9.59 Å². The van der Waals surface area contributed by atoms with Gasteiger partial charge in [-0.15, -0.1) is 0 Å². The van der Waals surface area contributed by atoms with Crippen molar-refractivity contribution in [3.8, 4) is 23.6 Å². The van der Waals surface area contributed by atoms with Crippen LogP contribution < -0.4 is 20.1 Å². The molecule has 37 heavy (non-hydrogen) atoms. The van der Waals surface area contributed by atoms with Gasteiger partial charge in [0.05, 0.1) is 34.7 Å². The Labute approximate surface area is 218 Å². The predicted octanol–water partition coefficient (Wildman–Crippen LogP) is 5.33. The molecule has 0 saturated carbocycles. The van der Waals surface area contributed by atoms with Crippen LogP contribution in [0.4, 0.5) is 11.4 Å². The fourth-order valence-electron chi connectivity index (χ4n) is 3.50. The van der Waals surface area contributed by atoms with Gasteiger partial charge in [0.15, 0.2) is 11.5 Å². The molecule has 0 radical (unpaired) electrons. The number of allylic oxidation sites excluding steroid dienone is 1. The number of fused-ring (bicyclic) bond motifs is 1. The minimum Gasteiger partial charge on any atom is -0.454 e. The Hall–Kier alpha value is -5.05. The minimum absolute atomic E-state index is 0.101. The number of nitriles is 2. The molecule has 4 rings (SSSR count). The first kappa shape index (κ1) is 25.1. The number of carbonyl (C=O) groups excluding carboxylic acids is 2. The first-order chi connectivity index (χ1) is 17.9. The van der Waals surface area contributed by atoms with E-state index in [9.17, 15) is 9.59 Å². The molecule has 3 aromatic carbocycles. The van der Waals surface area contributed by atoms with E-state index in [1.165, 1.54) is 12.2 Å². The maximum absolute atomic E-state index is 12.9. The molecule has 0 fully saturated rings. The van der Waals surface area contributed by atoms with Crippen molar-refractivity contribution in [2.24, 2.45) is 0 Å². The van der Waals surface area contributed by atoms with E-state index in [0.717, 1.165) is 0 Å². The number of carbonyl (C=O) groups is 2. The lowest BCUT2D eigenvalue weighted by Crippen LogP contribution is -2.13. The molecule has 0 bridgehead atoms. The van der Waals surface area contributed by atoms with Crippen LogP contribution in [0.2, 0.25) is 0 Å². The van der Waals surface area contributed by atoms with E-state index in [4.69, 9.17) is 31.6 Å². The number of nitrogens with one attached hydrogen (secondary N) is 2. The fourth-order valence-corrected chi connectivity index (χ4v) is 3.75. The van der Waals surface area contributed by atoms with E-state index in [1.54, 1.807) is 66.7 Å². The number of anilines is 2. The number of hydrogen-bond donors (Lipinski definition) is 2. The van der Waals surface area contributed by atoms with Crippen LogP contribution in [0.25, 0.3) is 5.03 Å². The van der Waals surface area contributed by atoms with Gasteiger partial charge in [-0.1, -0.05) is 29.8 Å². The highest BCUT2D eigenvalue weighted by atomic mass is 35.5. The average molecular weight is 511 g/mol. The molecule has 8 nitrogen and oxygen atoms in total. The van der Waals surface area contributed by atoms with Gasteiger partial charge in [0, 0.05) is 17.5 Å². The number of nitrogens with zero attached hydrogens (tertiary/aromatic N) is 2. The third kappa shape index (κ3) is 6.55. The highest BCUT2D eigenvalue weighted by Gasteiger charge is 2.17. The summed E-state index contributed by atoms with van der Waals surface area (Å²) in [6, 6.07) is 22.2. The summed E-state index contributed by atoms with van der Waals surface area (Å²) in [7, 11) is 0. The van der Waals surface area contributed by atoms with Crippen molar-refractivity contribution in [3.63, 3.8) is 0 Å². The van der Waals surface area contributed by atoms with Crippen LogP contribution in [0, 0.1) is 22.7 Å². The second kappa shape index (κ2) is 11.6. The van der Waals surface area contributed by atoms with Gasteiger partial charge < -0.3 is 20.1 Å². The molecule has 0 spiro atoms. The van der Waals surface area contributed by atoms with Crippen molar-refractivity contribution in [2.75, 3.05) is 17.4 Å². The topological polar surface area (TPSA) is 124 Å². The zero-order valence-electron chi connectivity index (χ0n) is 19.3. The monoisotopic (exact) mass is 510 g/mol. The Morgan fingerprint density at radius 3 is 2.19 bits per heavy atom. The zero-order chi connectivity index (χ0) is 26.2. The average Bonchev–Trinajstić information content (AvgIpc) is 3.39. The van der Waals surface area contributed by atoms with Crippen LogP contribution in [-0.4, -0.2) is 18.6 Å².